The number of hydrogen-bond donors (Lipinski definition) is 0. The number of para-hydroxylation sites is 1. The van der Waals surface area contributed by atoms with Gasteiger partial charge in [-0.05, 0) is 36.4 Å². The van der Waals surface area contributed by atoms with Crippen LogP contribution in [-0.4, -0.2) is 36.1 Å². The van der Waals surface area contributed by atoms with Crippen molar-refractivity contribution in [2.45, 2.75) is 0 Å². The summed E-state index contributed by atoms with van der Waals surface area (Å²) in [5, 5.41) is 0.806. The maximum atomic E-state index is 14.4. The van der Waals surface area contributed by atoms with Gasteiger partial charge in [-0.2, -0.15) is 0 Å². The predicted octanol–water partition coefficient (Wildman–Crippen LogP) is 5.18. The first-order chi connectivity index (χ1) is 15.5. The molecule has 0 amide bonds. The lowest BCUT2D eigenvalue weighted by Gasteiger charge is -2.37. The average molecular weight is 438 g/mol. The van der Waals surface area contributed by atoms with Crippen molar-refractivity contribution >= 4 is 22.4 Å². The lowest BCUT2D eigenvalue weighted by Crippen LogP contribution is -2.47. The van der Waals surface area contributed by atoms with E-state index < -0.39 is 23.3 Å². The number of hydrogen-bond acceptors (Lipinski definition) is 4. The van der Waals surface area contributed by atoms with Crippen molar-refractivity contribution in [3.05, 3.63) is 83.9 Å². The van der Waals surface area contributed by atoms with E-state index in [1.807, 2.05) is 34.1 Å². The lowest BCUT2D eigenvalue weighted by atomic mass is 10.1. The minimum Gasteiger partial charge on any atom is -0.366 e. The van der Waals surface area contributed by atoms with Gasteiger partial charge in [0.2, 0.25) is 0 Å². The molecule has 1 aliphatic heterocycles. The van der Waals surface area contributed by atoms with Crippen LogP contribution < -0.4 is 9.80 Å². The Labute approximate surface area is 181 Å². The standard InChI is InChI=1S/C24H18F4N4/c25-15-5-7-17(19(27)13-15)23-29-21-4-2-1-3-18(21)24(30-23)32-11-9-31(10-12-32)22-8-6-16(26)14-20(22)28/h1-8,13-14H,9-12H2. The van der Waals surface area contributed by atoms with Gasteiger partial charge in [-0.1, -0.05) is 12.1 Å². The highest BCUT2D eigenvalue weighted by Gasteiger charge is 2.23. The molecule has 162 valence electrons. The zero-order valence-electron chi connectivity index (χ0n) is 16.9. The Morgan fingerprint density at radius 1 is 0.656 bits per heavy atom. The van der Waals surface area contributed by atoms with Gasteiger partial charge >= 0.3 is 0 Å². The van der Waals surface area contributed by atoms with E-state index in [2.05, 4.69) is 9.97 Å². The monoisotopic (exact) mass is 438 g/mol. The molecule has 1 saturated heterocycles. The smallest absolute Gasteiger partial charge is 0.165 e. The Hall–Kier alpha value is -3.68. The number of fused-ring (bicyclic) bond motifs is 1. The molecule has 4 aromatic rings. The molecule has 3 aromatic carbocycles. The second-order valence-corrected chi connectivity index (χ2v) is 7.58. The molecule has 32 heavy (non-hydrogen) atoms. The average Bonchev–Trinajstić information content (AvgIpc) is 2.79. The molecule has 8 heteroatoms. The Morgan fingerprint density at radius 3 is 2.03 bits per heavy atom. The molecule has 0 bridgehead atoms. The number of halogens is 4. The van der Waals surface area contributed by atoms with E-state index in [1.54, 1.807) is 0 Å². The van der Waals surface area contributed by atoms with Gasteiger partial charge in [0.15, 0.2) is 5.82 Å². The van der Waals surface area contributed by atoms with Crippen LogP contribution in [-0.2, 0) is 0 Å². The highest BCUT2D eigenvalue weighted by Crippen LogP contribution is 2.30. The third-order valence-electron chi connectivity index (χ3n) is 5.58. The molecule has 0 radical (unpaired) electrons. The summed E-state index contributed by atoms with van der Waals surface area (Å²) in [6.07, 6.45) is 0. The van der Waals surface area contributed by atoms with Crippen molar-refractivity contribution < 1.29 is 17.6 Å². The summed E-state index contributed by atoms with van der Waals surface area (Å²) in [6, 6.07) is 14.3. The van der Waals surface area contributed by atoms with E-state index in [1.165, 1.54) is 24.3 Å². The number of benzene rings is 3. The summed E-state index contributed by atoms with van der Waals surface area (Å²) in [4.78, 5) is 13.0. The van der Waals surface area contributed by atoms with Gasteiger partial charge in [-0.25, -0.2) is 27.5 Å². The number of anilines is 2. The van der Waals surface area contributed by atoms with E-state index in [0.29, 0.717) is 43.2 Å². The van der Waals surface area contributed by atoms with Crippen molar-refractivity contribution in [2.24, 2.45) is 0 Å². The van der Waals surface area contributed by atoms with Crippen LogP contribution in [0.15, 0.2) is 60.7 Å². The number of rotatable bonds is 3. The summed E-state index contributed by atoms with van der Waals surface area (Å²) < 4.78 is 55.2. The van der Waals surface area contributed by atoms with Crippen molar-refractivity contribution in [1.29, 1.82) is 0 Å². The van der Waals surface area contributed by atoms with E-state index in [9.17, 15) is 17.6 Å². The van der Waals surface area contributed by atoms with Crippen molar-refractivity contribution in [1.82, 2.24) is 9.97 Å². The van der Waals surface area contributed by atoms with E-state index >= 15 is 0 Å². The molecular formula is C24H18F4N4. The normalized spacial score (nSPS) is 14.2. The molecule has 1 fully saturated rings. The fourth-order valence-electron chi connectivity index (χ4n) is 3.99. The zero-order chi connectivity index (χ0) is 22.2. The quantitative estimate of drug-likeness (QED) is 0.413. The zero-order valence-corrected chi connectivity index (χ0v) is 16.9. The molecule has 0 aliphatic carbocycles. The maximum absolute atomic E-state index is 14.4. The van der Waals surface area contributed by atoms with E-state index in [0.717, 1.165) is 17.5 Å². The van der Waals surface area contributed by atoms with E-state index in [-0.39, 0.29) is 11.4 Å². The van der Waals surface area contributed by atoms with Crippen LogP contribution in [0.4, 0.5) is 29.1 Å². The second-order valence-electron chi connectivity index (χ2n) is 7.58. The molecule has 0 spiro atoms. The molecule has 5 rings (SSSR count). The summed E-state index contributed by atoms with van der Waals surface area (Å²) in [5.74, 6) is -1.81. The van der Waals surface area contributed by atoms with Gasteiger partial charge in [-0.15, -0.1) is 0 Å². The highest BCUT2D eigenvalue weighted by atomic mass is 19.1. The van der Waals surface area contributed by atoms with Crippen LogP contribution in [0.2, 0.25) is 0 Å². The number of piperazine rings is 1. The fraction of sp³-hybridized carbons (Fsp3) is 0.167. The first kappa shape index (κ1) is 20.2. The lowest BCUT2D eigenvalue weighted by molar-refractivity contribution is 0.570. The van der Waals surface area contributed by atoms with Gasteiger partial charge in [0.25, 0.3) is 0 Å². The first-order valence-electron chi connectivity index (χ1n) is 10.2. The minimum absolute atomic E-state index is 0.116. The number of nitrogens with zero attached hydrogens (tertiary/aromatic N) is 4. The van der Waals surface area contributed by atoms with Crippen molar-refractivity contribution in [3.8, 4) is 11.4 Å². The largest absolute Gasteiger partial charge is 0.366 e. The first-order valence-corrected chi connectivity index (χ1v) is 10.2. The Morgan fingerprint density at radius 2 is 1.31 bits per heavy atom. The van der Waals surface area contributed by atoms with Gasteiger partial charge in [-0.3, -0.25) is 0 Å². The Bertz CT molecular complexity index is 1300. The van der Waals surface area contributed by atoms with Gasteiger partial charge in [0.1, 0.15) is 29.1 Å². The van der Waals surface area contributed by atoms with Crippen molar-refractivity contribution in [3.63, 3.8) is 0 Å². The van der Waals surface area contributed by atoms with Crippen LogP contribution in [0.25, 0.3) is 22.3 Å². The third kappa shape index (κ3) is 3.72. The van der Waals surface area contributed by atoms with Crippen LogP contribution in [0, 0.1) is 23.3 Å². The van der Waals surface area contributed by atoms with Crippen LogP contribution in [0.5, 0.6) is 0 Å². The molecule has 1 aromatic heterocycles. The summed E-state index contributed by atoms with van der Waals surface area (Å²) in [5.41, 5.74) is 1.11. The minimum atomic E-state index is -0.733. The topological polar surface area (TPSA) is 32.3 Å². The molecule has 0 atom stereocenters. The van der Waals surface area contributed by atoms with Crippen LogP contribution in [0.3, 0.4) is 0 Å². The Kier molecular flexibility index (Phi) is 5.13. The summed E-state index contributed by atoms with van der Waals surface area (Å²) in [6.45, 7) is 2.06. The predicted molar refractivity (Wildman–Crippen MR) is 116 cm³/mol. The SMILES string of the molecule is Fc1ccc(-c2nc(N3CCN(c4ccc(F)cc4F)CC3)c3ccccc3n2)c(F)c1. The van der Waals surface area contributed by atoms with Gasteiger partial charge in [0, 0.05) is 43.7 Å². The van der Waals surface area contributed by atoms with Crippen LogP contribution >= 0.6 is 0 Å². The fourth-order valence-corrected chi connectivity index (χ4v) is 3.99. The van der Waals surface area contributed by atoms with Gasteiger partial charge in [0.05, 0.1) is 16.8 Å². The van der Waals surface area contributed by atoms with E-state index in [4.69, 9.17) is 0 Å². The second kappa shape index (κ2) is 8.11. The van der Waals surface area contributed by atoms with Crippen molar-refractivity contribution in [2.75, 3.05) is 36.0 Å². The molecule has 0 N–H and O–H groups in total. The molecule has 1 aliphatic rings. The molecule has 0 saturated carbocycles. The maximum Gasteiger partial charge on any atom is 0.165 e. The molecule has 2 heterocycles. The third-order valence-corrected chi connectivity index (χ3v) is 5.58. The number of aromatic nitrogens is 2. The van der Waals surface area contributed by atoms with Gasteiger partial charge < -0.3 is 9.80 Å². The summed E-state index contributed by atoms with van der Waals surface area (Å²) >= 11 is 0. The Balaban J connectivity index is 1.49. The summed E-state index contributed by atoms with van der Waals surface area (Å²) in [7, 11) is 0. The molecule has 0 unspecified atom stereocenters. The van der Waals surface area contributed by atoms with Crippen LogP contribution in [0.1, 0.15) is 0 Å². The molecule has 4 nitrogen and oxygen atoms in total. The molecular weight excluding hydrogens is 420 g/mol. The highest BCUT2D eigenvalue weighted by molar-refractivity contribution is 5.91.